The molecular weight excluding hydrogens is 220 g/mol. The zero-order valence-electron chi connectivity index (χ0n) is 10.4. The molecule has 0 amide bonds. The van der Waals surface area contributed by atoms with Gasteiger partial charge in [-0.05, 0) is 25.7 Å². The van der Waals surface area contributed by atoms with Crippen molar-refractivity contribution >= 4 is 0 Å². The Morgan fingerprint density at radius 1 is 0.706 bits per heavy atom. The molecule has 2 N–H and O–H groups in total. The Morgan fingerprint density at radius 2 is 1.12 bits per heavy atom. The first-order chi connectivity index (χ1) is 8.27. The molecule has 2 rings (SSSR count). The average Bonchev–Trinajstić information content (AvgIpc) is 2.34. The lowest BCUT2D eigenvalue weighted by atomic mass is 9.95. The first kappa shape index (κ1) is 13.3. The minimum atomic E-state index is -0.344. The van der Waals surface area contributed by atoms with Crippen LogP contribution in [0.2, 0.25) is 0 Å². The SMILES string of the molecule is O[C@@H]1CCCC[C@H]1OCO[C@@H]1CCCC[C@H]1O. The van der Waals surface area contributed by atoms with Crippen molar-refractivity contribution in [3.05, 3.63) is 0 Å². The van der Waals surface area contributed by atoms with Gasteiger partial charge in [0.2, 0.25) is 0 Å². The van der Waals surface area contributed by atoms with Gasteiger partial charge in [-0.15, -0.1) is 0 Å². The molecule has 0 heterocycles. The molecule has 0 aromatic rings. The fourth-order valence-electron chi connectivity index (χ4n) is 2.76. The van der Waals surface area contributed by atoms with Crippen molar-refractivity contribution in [2.75, 3.05) is 6.79 Å². The van der Waals surface area contributed by atoms with Crippen LogP contribution in [0, 0.1) is 0 Å². The summed E-state index contributed by atoms with van der Waals surface area (Å²) in [5.41, 5.74) is 0. The highest BCUT2D eigenvalue weighted by Gasteiger charge is 2.26. The summed E-state index contributed by atoms with van der Waals surface area (Å²) in [5, 5.41) is 19.5. The second-order valence-corrected chi connectivity index (χ2v) is 5.23. The molecule has 4 nitrogen and oxygen atoms in total. The maximum atomic E-state index is 9.73. The maximum Gasteiger partial charge on any atom is 0.147 e. The van der Waals surface area contributed by atoms with Gasteiger partial charge in [0.05, 0.1) is 24.4 Å². The Hall–Kier alpha value is -0.160. The summed E-state index contributed by atoms with van der Waals surface area (Å²) in [4.78, 5) is 0. The lowest BCUT2D eigenvalue weighted by molar-refractivity contribution is -0.175. The van der Waals surface area contributed by atoms with E-state index in [-0.39, 0.29) is 31.2 Å². The van der Waals surface area contributed by atoms with E-state index < -0.39 is 0 Å². The fourth-order valence-corrected chi connectivity index (χ4v) is 2.76. The number of hydrogen-bond donors (Lipinski definition) is 2. The molecule has 0 aliphatic heterocycles. The van der Waals surface area contributed by atoms with Crippen molar-refractivity contribution in [3.8, 4) is 0 Å². The van der Waals surface area contributed by atoms with Gasteiger partial charge >= 0.3 is 0 Å². The van der Waals surface area contributed by atoms with Crippen LogP contribution >= 0.6 is 0 Å². The van der Waals surface area contributed by atoms with Crippen LogP contribution < -0.4 is 0 Å². The van der Waals surface area contributed by atoms with E-state index >= 15 is 0 Å². The minimum Gasteiger partial charge on any atom is -0.390 e. The van der Waals surface area contributed by atoms with Crippen molar-refractivity contribution in [2.24, 2.45) is 0 Å². The van der Waals surface area contributed by atoms with Gasteiger partial charge in [-0.25, -0.2) is 0 Å². The van der Waals surface area contributed by atoms with Crippen molar-refractivity contribution in [1.29, 1.82) is 0 Å². The van der Waals surface area contributed by atoms with Gasteiger partial charge in [-0.3, -0.25) is 0 Å². The van der Waals surface area contributed by atoms with Crippen LogP contribution in [-0.4, -0.2) is 41.4 Å². The molecule has 0 aromatic heterocycles. The molecule has 0 bridgehead atoms. The lowest BCUT2D eigenvalue weighted by Gasteiger charge is -2.30. The number of rotatable bonds is 4. The topological polar surface area (TPSA) is 58.9 Å². The molecule has 100 valence electrons. The third kappa shape index (κ3) is 3.91. The molecule has 2 aliphatic rings. The van der Waals surface area contributed by atoms with Crippen LogP contribution in [0.15, 0.2) is 0 Å². The molecule has 2 fully saturated rings. The summed E-state index contributed by atoms with van der Waals surface area (Å²) in [7, 11) is 0. The van der Waals surface area contributed by atoms with Gasteiger partial charge in [0.1, 0.15) is 6.79 Å². The van der Waals surface area contributed by atoms with Crippen LogP contribution in [0.25, 0.3) is 0 Å². The quantitative estimate of drug-likeness (QED) is 0.737. The van der Waals surface area contributed by atoms with Gasteiger partial charge in [-0.2, -0.15) is 0 Å². The lowest BCUT2D eigenvalue weighted by Crippen LogP contribution is -2.36. The highest BCUT2D eigenvalue weighted by Crippen LogP contribution is 2.23. The van der Waals surface area contributed by atoms with Crippen LogP contribution in [0.4, 0.5) is 0 Å². The number of aliphatic hydroxyl groups excluding tert-OH is 2. The van der Waals surface area contributed by atoms with E-state index in [2.05, 4.69) is 0 Å². The molecule has 0 spiro atoms. The van der Waals surface area contributed by atoms with Crippen LogP contribution in [0.5, 0.6) is 0 Å². The highest BCUT2D eigenvalue weighted by atomic mass is 16.7. The van der Waals surface area contributed by atoms with Crippen molar-refractivity contribution in [2.45, 2.75) is 75.8 Å². The molecule has 4 atom stereocenters. The van der Waals surface area contributed by atoms with Crippen LogP contribution in [-0.2, 0) is 9.47 Å². The number of aliphatic hydroxyl groups is 2. The van der Waals surface area contributed by atoms with Gasteiger partial charge in [0.25, 0.3) is 0 Å². The average molecular weight is 244 g/mol. The molecule has 4 heteroatoms. The third-order valence-electron chi connectivity index (χ3n) is 3.90. The summed E-state index contributed by atoms with van der Waals surface area (Å²) in [6.45, 7) is 0.198. The molecule has 2 aliphatic carbocycles. The first-order valence-corrected chi connectivity index (χ1v) is 6.86. The molecule has 0 radical (unpaired) electrons. The second-order valence-electron chi connectivity index (χ2n) is 5.23. The van der Waals surface area contributed by atoms with Gasteiger partial charge < -0.3 is 19.7 Å². The standard InChI is InChI=1S/C13H24O4/c14-10-5-1-3-7-12(10)16-9-17-13-8-4-2-6-11(13)15/h10-15H,1-9H2/t10-,11-,12-,13-/m1/s1. The van der Waals surface area contributed by atoms with E-state index in [4.69, 9.17) is 9.47 Å². The summed E-state index contributed by atoms with van der Waals surface area (Å²) in [6.07, 6.45) is 7.05. The first-order valence-electron chi connectivity index (χ1n) is 6.86. The van der Waals surface area contributed by atoms with E-state index in [0.717, 1.165) is 51.4 Å². The van der Waals surface area contributed by atoms with Crippen molar-refractivity contribution in [3.63, 3.8) is 0 Å². The van der Waals surface area contributed by atoms with Gasteiger partial charge in [0, 0.05) is 0 Å². The van der Waals surface area contributed by atoms with E-state index in [1.165, 1.54) is 0 Å². The molecule has 17 heavy (non-hydrogen) atoms. The molecule has 0 aromatic carbocycles. The highest BCUT2D eigenvalue weighted by molar-refractivity contribution is 4.76. The Labute approximate surface area is 103 Å². The van der Waals surface area contributed by atoms with E-state index in [1.54, 1.807) is 0 Å². The van der Waals surface area contributed by atoms with E-state index in [9.17, 15) is 10.2 Å². The minimum absolute atomic E-state index is 0.0792. The molecule has 2 saturated carbocycles. The normalized spacial score (nSPS) is 39.2. The predicted molar refractivity (Wildman–Crippen MR) is 63.6 cm³/mol. The maximum absolute atomic E-state index is 9.73. The zero-order valence-corrected chi connectivity index (χ0v) is 10.4. The Morgan fingerprint density at radius 3 is 1.53 bits per heavy atom. The van der Waals surface area contributed by atoms with Crippen LogP contribution in [0.1, 0.15) is 51.4 Å². The van der Waals surface area contributed by atoms with Crippen LogP contribution in [0.3, 0.4) is 0 Å². The summed E-state index contributed by atoms with van der Waals surface area (Å²) >= 11 is 0. The second kappa shape index (κ2) is 6.69. The van der Waals surface area contributed by atoms with Crippen molar-refractivity contribution in [1.82, 2.24) is 0 Å². The zero-order chi connectivity index (χ0) is 12.1. The summed E-state index contributed by atoms with van der Waals surface area (Å²) in [6, 6.07) is 0. The fraction of sp³-hybridized carbons (Fsp3) is 1.00. The van der Waals surface area contributed by atoms with Gasteiger partial charge in [-0.1, -0.05) is 25.7 Å². The molecule has 0 saturated heterocycles. The smallest absolute Gasteiger partial charge is 0.147 e. The third-order valence-corrected chi connectivity index (χ3v) is 3.90. The summed E-state index contributed by atoms with van der Waals surface area (Å²) < 4.78 is 11.1. The van der Waals surface area contributed by atoms with Crippen molar-refractivity contribution < 1.29 is 19.7 Å². The van der Waals surface area contributed by atoms with E-state index in [0.29, 0.717) is 0 Å². The Bertz CT molecular complexity index is 199. The van der Waals surface area contributed by atoms with Gasteiger partial charge in [0.15, 0.2) is 0 Å². The molecular formula is C13H24O4. The molecule has 0 unspecified atom stereocenters. The summed E-state index contributed by atoms with van der Waals surface area (Å²) in [5.74, 6) is 0. The number of hydrogen-bond acceptors (Lipinski definition) is 4. The largest absolute Gasteiger partial charge is 0.390 e. The predicted octanol–water partition coefficient (Wildman–Crippen LogP) is 1.58. The van der Waals surface area contributed by atoms with E-state index in [1.807, 2.05) is 0 Å². The Balaban J connectivity index is 1.64. The Kier molecular flexibility index (Phi) is 5.22. The monoisotopic (exact) mass is 244 g/mol. The number of ether oxygens (including phenoxy) is 2.